The van der Waals surface area contributed by atoms with Gasteiger partial charge in [0.25, 0.3) is 0 Å². The Bertz CT molecular complexity index is 505. The van der Waals surface area contributed by atoms with Gasteiger partial charge >= 0.3 is 5.56 Å². The highest BCUT2D eigenvalue weighted by Gasteiger charge is 2.04. The average molecular weight is 202 g/mol. The molecule has 0 atom stereocenters. The number of ether oxygens (including phenoxy) is 1. The van der Waals surface area contributed by atoms with E-state index in [0.29, 0.717) is 5.69 Å². The van der Waals surface area contributed by atoms with Gasteiger partial charge in [-0.25, -0.2) is 5.10 Å². The van der Waals surface area contributed by atoms with E-state index in [9.17, 15) is 4.79 Å². The summed E-state index contributed by atoms with van der Waals surface area (Å²) >= 11 is 0. The van der Waals surface area contributed by atoms with Crippen molar-refractivity contribution in [1.29, 1.82) is 0 Å². The molecule has 1 aromatic heterocycles. The van der Waals surface area contributed by atoms with E-state index in [1.54, 1.807) is 6.07 Å². The van der Waals surface area contributed by atoms with Crippen LogP contribution in [0.15, 0.2) is 41.2 Å². The van der Waals surface area contributed by atoms with Crippen molar-refractivity contribution in [2.24, 2.45) is 0 Å². The summed E-state index contributed by atoms with van der Waals surface area (Å²) < 4.78 is 4.92. The van der Waals surface area contributed by atoms with E-state index in [1.165, 1.54) is 7.11 Å². The van der Waals surface area contributed by atoms with Gasteiger partial charge in [-0.05, 0) is 0 Å². The van der Waals surface area contributed by atoms with Crippen LogP contribution in [0.2, 0.25) is 0 Å². The second-order valence-electron chi connectivity index (χ2n) is 3.02. The monoisotopic (exact) mass is 202 g/mol. The van der Waals surface area contributed by atoms with Gasteiger partial charge in [-0.1, -0.05) is 30.3 Å². The molecule has 0 saturated carbocycles. The lowest BCUT2D eigenvalue weighted by Gasteiger charge is -2.02. The molecule has 0 aliphatic carbocycles. The molecule has 1 heterocycles. The Balaban J connectivity index is 2.51. The Labute approximate surface area is 86.5 Å². The molecule has 0 spiro atoms. The molecular weight excluding hydrogens is 192 g/mol. The molecule has 0 bridgehead atoms. The predicted octanol–water partition coefficient (Wildman–Crippen LogP) is 1.45. The fourth-order valence-corrected chi connectivity index (χ4v) is 1.30. The summed E-state index contributed by atoms with van der Waals surface area (Å²) in [5, 5.41) is 6.33. The normalized spacial score (nSPS) is 9.93. The lowest BCUT2D eigenvalue weighted by Crippen LogP contribution is -2.11. The minimum Gasteiger partial charge on any atom is -0.491 e. The quantitative estimate of drug-likeness (QED) is 0.801. The van der Waals surface area contributed by atoms with Crippen molar-refractivity contribution in [3.63, 3.8) is 0 Å². The first kappa shape index (κ1) is 9.45. The van der Waals surface area contributed by atoms with Crippen molar-refractivity contribution in [2.75, 3.05) is 7.11 Å². The van der Waals surface area contributed by atoms with E-state index < -0.39 is 0 Å². The highest BCUT2D eigenvalue weighted by atomic mass is 16.5. The molecule has 0 unspecified atom stereocenters. The number of hydrogen-bond donors (Lipinski definition) is 1. The molecule has 4 heteroatoms. The number of nitrogens with one attached hydrogen (secondary N) is 1. The zero-order valence-corrected chi connectivity index (χ0v) is 8.23. The predicted molar refractivity (Wildman–Crippen MR) is 56.8 cm³/mol. The van der Waals surface area contributed by atoms with E-state index in [0.717, 1.165) is 5.56 Å². The molecule has 1 N–H and O–H groups in total. The summed E-state index contributed by atoms with van der Waals surface area (Å²) in [5.41, 5.74) is 1.30. The summed E-state index contributed by atoms with van der Waals surface area (Å²) in [4.78, 5) is 11.2. The minimum absolute atomic E-state index is 0.267. The molecule has 2 aromatic rings. The zero-order valence-electron chi connectivity index (χ0n) is 8.23. The van der Waals surface area contributed by atoms with E-state index >= 15 is 0 Å². The third-order valence-corrected chi connectivity index (χ3v) is 2.06. The number of H-pyrrole nitrogens is 1. The highest BCUT2D eigenvalue weighted by molar-refractivity contribution is 5.59. The van der Waals surface area contributed by atoms with Gasteiger partial charge in [-0.15, -0.1) is 0 Å². The van der Waals surface area contributed by atoms with Gasteiger partial charge in [-0.2, -0.15) is 5.10 Å². The Hall–Kier alpha value is -2.10. The second-order valence-corrected chi connectivity index (χ2v) is 3.02. The number of hydrogen-bond acceptors (Lipinski definition) is 3. The summed E-state index contributed by atoms with van der Waals surface area (Å²) in [6.07, 6.45) is 0. The van der Waals surface area contributed by atoms with Crippen LogP contribution < -0.4 is 10.3 Å². The van der Waals surface area contributed by atoms with Gasteiger partial charge in [0.15, 0.2) is 5.75 Å². The molecular formula is C11H10N2O2. The first-order valence-electron chi connectivity index (χ1n) is 4.50. The van der Waals surface area contributed by atoms with Crippen LogP contribution in [-0.4, -0.2) is 17.3 Å². The molecule has 0 aliphatic heterocycles. The van der Waals surface area contributed by atoms with Gasteiger partial charge in [0.1, 0.15) is 0 Å². The molecule has 0 radical (unpaired) electrons. The maximum Gasteiger partial charge on any atom is 0.306 e. The summed E-state index contributed by atoms with van der Waals surface area (Å²) in [7, 11) is 1.46. The lowest BCUT2D eigenvalue weighted by atomic mass is 10.1. The van der Waals surface area contributed by atoms with Crippen LogP contribution in [0.5, 0.6) is 5.75 Å². The topological polar surface area (TPSA) is 55.0 Å². The van der Waals surface area contributed by atoms with Gasteiger partial charge in [-0.3, -0.25) is 4.79 Å². The van der Waals surface area contributed by atoms with Crippen LogP contribution in [0.1, 0.15) is 0 Å². The first-order chi connectivity index (χ1) is 7.31. The number of aromatic amines is 1. The molecule has 0 aliphatic rings. The van der Waals surface area contributed by atoms with Crippen LogP contribution in [0, 0.1) is 0 Å². The summed E-state index contributed by atoms with van der Waals surface area (Å²) in [6.45, 7) is 0. The lowest BCUT2D eigenvalue weighted by molar-refractivity contribution is 0.407. The first-order valence-corrected chi connectivity index (χ1v) is 4.50. The Morgan fingerprint density at radius 3 is 2.67 bits per heavy atom. The Kier molecular flexibility index (Phi) is 2.49. The van der Waals surface area contributed by atoms with Crippen LogP contribution in [0.25, 0.3) is 11.3 Å². The fourth-order valence-electron chi connectivity index (χ4n) is 1.30. The third-order valence-electron chi connectivity index (χ3n) is 2.06. The molecule has 0 amide bonds. The highest BCUT2D eigenvalue weighted by Crippen LogP contribution is 2.17. The van der Waals surface area contributed by atoms with Gasteiger partial charge in [0.05, 0.1) is 12.8 Å². The van der Waals surface area contributed by atoms with E-state index in [4.69, 9.17) is 4.74 Å². The summed E-state index contributed by atoms with van der Waals surface area (Å²) in [5.74, 6) is 0.267. The number of methoxy groups -OCH3 is 1. The van der Waals surface area contributed by atoms with Crippen LogP contribution >= 0.6 is 0 Å². The summed E-state index contributed by atoms with van der Waals surface area (Å²) in [6, 6.07) is 11.2. The van der Waals surface area contributed by atoms with Crippen molar-refractivity contribution in [3.05, 3.63) is 46.8 Å². The van der Waals surface area contributed by atoms with Gasteiger partial charge in [0.2, 0.25) is 0 Å². The average Bonchev–Trinajstić information content (AvgIpc) is 2.31. The molecule has 2 rings (SSSR count). The van der Waals surface area contributed by atoms with Crippen molar-refractivity contribution >= 4 is 0 Å². The zero-order chi connectivity index (χ0) is 10.7. The van der Waals surface area contributed by atoms with Gasteiger partial charge < -0.3 is 4.74 Å². The second kappa shape index (κ2) is 3.96. The SMILES string of the molecule is COc1cc(-c2ccccc2)n[nH]c1=O. The van der Waals surface area contributed by atoms with E-state index in [-0.39, 0.29) is 11.3 Å². The standard InChI is InChI=1S/C11H10N2O2/c1-15-10-7-9(12-13-11(10)14)8-5-3-2-4-6-8/h2-7H,1H3,(H,13,14). The van der Waals surface area contributed by atoms with Gasteiger partial charge in [0, 0.05) is 11.6 Å². The number of benzene rings is 1. The fraction of sp³-hybridized carbons (Fsp3) is 0.0909. The maximum absolute atomic E-state index is 11.2. The van der Waals surface area contributed by atoms with Crippen LogP contribution in [0.3, 0.4) is 0 Å². The van der Waals surface area contributed by atoms with Crippen LogP contribution in [-0.2, 0) is 0 Å². The third kappa shape index (κ3) is 1.88. The van der Waals surface area contributed by atoms with Crippen molar-refractivity contribution < 1.29 is 4.74 Å². The van der Waals surface area contributed by atoms with Crippen molar-refractivity contribution in [1.82, 2.24) is 10.2 Å². The molecule has 15 heavy (non-hydrogen) atoms. The number of rotatable bonds is 2. The minimum atomic E-state index is -0.322. The molecule has 0 saturated heterocycles. The molecule has 76 valence electrons. The smallest absolute Gasteiger partial charge is 0.306 e. The van der Waals surface area contributed by atoms with Crippen molar-refractivity contribution in [2.45, 2.75) is 0 Å². The largest absolute Gasteiger partial charge is 0.491 e. The molecule has 1 aromatic carbocycles. The number of nitrogens with zero attached hydrogens (tertiary/aromatic N) is 1. The maximum atomic E-state index is 11.2. The Morgan fingerprint density at radius 2 is 2.00 bits per heavy atom. The van der Waals surface area contributed by atoms with Crippen LogP contribution in [0.4, 0.5) is 0 Å². The molecule has 0 fully saturated rings. The van der Waals surface area contributed by atoms with E-state index in [1.807, 2.05) is 30.3 Å². The van der Waals surface area contributed by atoms with Crippen molar-refractivity contribution in [3.8, 4) is 17.0 Å². The number of aromatic nitrogens is 2. The Morgan fingerprint density at radius 1 is 1.27 bits per heavy atom. The molecule has 4 nitrogen and oxygen atoms in total. The van der Waals surface area contributed by atoms with E-state index in [2.05, 4.69) is 10.2 Å².